The molecule has 1 fully saturated rings. The molecule has 2 rings (SSSR count). The maximum atomic E-state index is 13.3. The van der Waals surface area contributed by atoms with Crippen LogP contribution in [-0.2, 0) is 25.6 Å². The Morgan fingerprint density at radius 1 is 1.16 bits per heavy atom. The number of hydrogen-bond acceptors (Lipinski definition) is 7. The second-order valence-corrected chi connectivity index (χ2v) is 10.6. The summed E-state index contributed by atoms with van der Waals surface area (Å²) < 4.78 is 0. The van der Waals surface area contributed by atoms with Gasteiger partial charge in [-0.15, -0.1) is 0 Å². The normalized spacial score (nSPS) is 15.5. The van der Waals surface area contributed by atoms with Crippen molar-refractivity contribution in [3.05, 3.63) is 18.2 Å². The monoisotopic (exact) mass is 536 g/mol. The molecule has 12 heteroatoms. The van der Waals surface area contributed by atoms with Crippen LogP contribution in [-0.4, -0.2) is 67.8 Å². The number of Topliss-reactive ketones (excluding diaryl/α,β-unsaturated/α-hetero) is 1. The molecule has 1 heterocycles. The lowest BCUT2D eigenvalue weighted by molar-refractivity contribution is -0.142. The van der Waals surface area contributed by atoms with Crippen molar-refractivity contribution in [2.24, 2.45) is 11.7 Å². The summed E-state index contributed by atoms with van der Waals surface area (Å²) >= 11 is 5.24. The minimum Gasteiger partial charge on any atom is -0.480 e. The molecular formula is C25H40N6O5S. The Bertz CT molecular complexity index is 930. The first-order chi connectivity index (χ1) is 17.5. The molecule has 0 spiro atoms. The number of amides is 2. The van der Waals surface area contributed by atoms with E-state index in [1.165, 1.54) is 20.2 Å². The molecule has 0 aromatic carbocycles. The van der Waals surface area contributed by atoms with Gasteiger partial charge in [0.1, 0.15) is 11.6 Å². The zero-order chi connectivity index (χ0) is 27.4. The quantitative estimate of drug-likeness (QED) is 0.134. The molecule has 1 aromatic heterocycles. The summed E-state index contributed by atoms with van der Waals surface area (Å²) in [5.74, 6) is -1.96. The molecule has 1 aliphatic rings. The average Bonchev–Trinajstić information content (AvgIpc) is 3.55. The summed E-state index contributed by atoms with van der Waals surface area (Å²) in [5.41, 5.74) is 5.01. The van der Waals surface area contributed by atoms with Gasteiger partial charge in [0.25, 0.3) is 0 Å². The summed E-state index contributed by atoms with van der Waals surface area (Å²) in [7, 11) is 0. The molecule has 1 saturated carbocycles. The zero-order valence-electron chi connectivity index (χ0n) is 21.7. The van der Waals surface area contributed by atoms with Crippen LogP contribution in [0.5, 0.6) is 0 Å². The summed E-state index contributed by atoms with van der Waals surface area (Å²) in [6.45, 7) is 3.45. The van der Waals surface area contributed by atoms with Gasteiger partial charge in [0.2, 0.25) is 11.8 Å². The van der Waals surface area contributed by atoms with Gasteiger partial charge in [-0.3, -0.25) is 14.4 Å². The SMILES string of the molecule is CC(C)(NC(=S)CCC(=O)[C@H](Cc1cnc[nH]1)NC(=O)[C@H](CCCCN)NC(=O)C1CCCC1)C(=O)O. The number of nitrogens with two attached hydrogens (primary N) is 1. The summed E-state index contributed by atoms with van der Waals surface area (Å²) in [5, 5.41) is 17.8. The Morgan fingerprint density at radius 2 is 1.86 bits per heavy atom. The van der Waals surface area contributed by atoms with E-state index in [1.54, 1.807) is 6.20 Å². The highest BCUT2D eigenvalue weighted by Crippen LogP contribution is 2.25. The van der Waals surface area contributed by atoms with Crippen LogP contribution in [0, 0.1) is 5.92 Å². The predicted octanol–water partition coefficient (Wildman–Crippen LogP) is 1.37. The molecule has 0 bridgehead atoms. The number of hydrogen-bond donors (Lipinski definition) is 6. The van der Waals surface area contributed by atoms with Crippen LogP contribution in [0.2, 0.25) is 0 Å². The van der Waals surface area contributed by atoms with Crippen molar-refractivity contribution in [2.45, 2.75) is 95.7 Å². The van der Waals surface area contributed by atoms with Crippen LogP contribution < -0.4 is 21.7 Å². The van der Waals surface area contributed by atoms with E-state index in [0.717, 1.165) is 32.1 Å². The molecule has 0 unspecified atom stereocenters. The van der Waals surface area contributed by atoms with Crippen LogP contribution in [0.15, 0.2) is 12.5 Å². The first-order valence-electron chi connectivity index (χ1n) is 12.9. The van der Waals surface area contributed by atoms with Gasteiger partial charge in [-0.1, -0.05) is 25.1 Å². The van der Waals surface area contributed by atoms with Crippen molar-refractivity contribution in [1.29, 1.82) is 0 Å². The number of imidazole rings is 1. The number of nitrogens with zero attached hydrogens (tertiary/aromatic N) is 1. The van der Waals surface area contributed by atoms with E-state index < -0.39 is 29.5 Å². The summed E-state index contributed by atoms with van der Waals surface area (Å²) in [4.78, 5) is 57.7. The number of ketones is 1. The molecule has 2 amide bonds. The maximum absolute atomic E-state index is 13.3. The minimum atomic E-state index is -1.27. The Hall–Kier alpha value is -2.86. The number of carbonyl (C=O) groups excluding carboxylic acids is 3. The van der Waals surface area contributed by atoms with E-state index in [4.69, 9.17) is 18.0 Å². The number of aliphatic carboxylic acids is 1. The number of unbranched alkanes of at least 4 members (excludes halogenated alkanes) is 1. The fourth-order valence-electron chi connectivity index (χ4n) is 4.25. The smallest absolute Gasteiger partial charge is 0.328 e. The molecule has 0 aliphatic heterocycles. The first-order valence-corrected chi connectivity index (χ1v) is 13.3. The van der Waals surface area contributed by atoms with Gasteiger partial charge in [0.15, 0.2) is 5.78 Å². The predicted molar refractivity (Wildman–Crippen MR) is 143 cm³/mol. The molecule has 0 radical (unpaired) electrons. The van der Waals surface area contributed by atoms with Crippen LogP contribution in [0.4, 0.5) is 0 Å². The van der Waals surface area contributed by atoms with Gasteiger partial charge in [0.05, 0.1) is 17.4 Å². The van der Waals surface area contributed by atoms with Crippen molar-refractivity contribution in [3.8, 4) is 0 Å². The highest BCUT2D eigenvalue weighted by atomic mass is 32.1. The van der Waals surface area contributed by atoms with Crippen molar-refractivity contribution in [1.82, 2.24) is 25.9 Å². The van der Waals surface area contributed by atoms with E-state index in [2.05, 4.69) is 25.9 Å². The second-order valence-electron chi connectivity index (χ2n) is 10.1. The van der Waals surface area contributed by atoms with Crippen molar-refractivity contribution in [3.63, 3.8) is 0 Å². The van der Waals surface area contributed by atoms with E-state index >= 15 is 0 Å². The van der Waals surface area contributed by atoms with Gasteiger partial charge in [-0.05, 0) is 52.5 Å². The fraction of sp³-hybridized carbons (Fsp3) is 0.680. The average molecular weight is 537 g/mol. The number of aromatic amines is 1. The third-order valence-corrected chi connectivity index (χ3v) is 6.88. The molecule has 2 atom stereocenters. The van der Waals surface area contributed by atoms with E-state index in [0.29, 0.717) is 25.1 Å². The summed E-state index contributed by atoms with van der Waals surface area (Å²) in [6.07, 6.45) is 8.85. The van der Waals surface area contributed by atoms with Crippen LogP contribution >= 0.6 is 12.2 Å². The van der Waals surface area contributed by atoms with Crippen LogP contribution in [0.25, 0.3) is 0 Å². The van der Waals surface area contributed by atoms with Crippen LogP contribution in [0.3, 0.4) is 0 Å². The Kier molecular flexibility index (Phi) is 12.1. The minimum absolute atomic E-state index is 0.00683. The standard InChI is InChI=1S/C25H40N6O5S/c1-25(2,24(35)36)31-21(37)11-10-20(32)19(13-17-14-27-15-28-17)30-23(34)18(9-5-6-12-26)29-22(33)16-7-3-4-8-16/h14-16,18-19H,3-13,26H2,1-2H3,(H,27,28)(H,29,33)(H,30,34)(H,31,37)(H,35,36)/t18-,19-/m0/s1. The molecule has 0 saturated heterocycles. The Labute approximate surface area is 223 Å². The molecule has 11 nitrogen and oxygen atoms in total. The van der Waals surface area contributed by atoms with Gasteiger partial charge in [-0.2, -0.15) is 0 Å². The topological polar surface area (TPSA) is 179 Å². The zero-order valence-corrected chi connectivity index (χ0v) is 22.5. The third kappa shape index (κ3) is 10.2. The van der Waals surface area contributed by atoms with E-state index in [-0.39, 0.29) is 41.9 Å². The largest absolute Gasteiger partial charge is 0.480 e. The van der Waals surface area contributed by atoms with Gasteiger partial charge >= 0.3 is 5.97 Å². The van der Waals surface area contributed by atoms with Crippen LogP contribution in [0.1, 0.15) is 77.3 Å². The summed E-state index contributed by atoms with van der Waals surface area (Å²) in [6, 6.07) is -1.64. The molecule has 7 N–H and O–H groups in total. The lowest BCUT2D eigenvalue weighted by Gasteiger charge is -2.25. The van der Waals surface area contributed by atoms with Crippen molar-refractivity contribution < 1.29 is 24.3 Å². The molecule has 1 aliphatic carbocycles. The third-order valence-electron chi connectivity index (χ3n) is 6.57. The number of nitrogens with one attached hydrogen (secondary N) is 4. The highest BCUT2D eigenvalue weighted by Gasteiger charge is 2.31. The fourth-order valence-corrected chi connectivity index (χ4v) is 4.61. The lowest BCUT2D eigenvalue weighted by Crippen LogP contribution is -2.53. The maximum Gasteiger partial charge on any atom is 0.328 e. The first kappa shape index (κ1) is 30.4. The Morgan fingerprint density at radius 3 is 2.46 bits per heavy atom. The number of carboxylic acids is 1. The lowest BCUT2D eigenvalue weighted by atomic mass is 10.00. The van der Waals surface area contributed by atoms with E-state index in [1.807, 2.05) is 0 Å². The van der Waals surface area contributed by atoms with Crippen molar-refractivity contribution in [2.75, 3.05) is 6.54 Å². The van der Waals surface area contributed by atoms with E-state index in [9.17, 15) is 24.3 Å². The number of carboxylic acid groups (broad SMARTS) is 1. The van der Waals surface area contributed by atoms with Crippen molar-refractivity contribution >= 4 is 40.8 Å². The molecule has 1 aromatic rings. The molecule has 206 valence electrons. The second kappa shape index (κ2) is 14.8. The van der Waals surface area contributed by atoms with Gasteiger partial charge in [-0.25, -0.2) is 9.78 Å². The number of H-pyrrole nitrogens is 1. The molecule has 37 heavy (non-hydrogen) atoms. The number of rotatable bonds is 16. The van der Waals surface area contributed by atoms with Gasteiger partial charge in [0, 0.05) is 37.1 Å². The number of thiocarbonyl (C=S) groups is 1. The highest BCUT2D eigenvalue weighted by molar-refractivity contribution is 7.80. The number of aromatic nitrogens is 2. The molecular weight excluding hydrogens is 496 g/mol. The Balaban J connectivity index is 2.07. The number of carbonyl (C=O) groups is 4. The van der Waals surface area contributed by atoms with Gasteiger partial charge < -0.3 is 31.8 Å².